The Morgan fingerprint density at radius 3 is 2.42 bits per heavy atom. The van der Waals surface area contributed by atoms with Gasteiger partial charge < -0.3 is 9.64 Å². The highest BCUT2D eigenvalue weighted by molar-refractivity contribution is 6.30. The van der Waals surface area contributed by atoms with Gasteiger partial charge in [-0.2, -0.15) is 0 Å². The minimum atomic E-state index is -0.263. The Bertz CT molecular complexity index is 923. The van der Waals surface area contributed by atoms with E-state index in [4.69, 9.17) is 16.3 Å². The molecule has 3 nitrogen and oxygen atoms in total. The minimum absolute atomic E-state index is 0.263. The van der Waals surface area contributed by atoms with Gasteiger partial charge in [-0.05, 0) is 92.8 Å². The predicted octanol–water partition coefficient (Wildman–Crippen LogP) is 7.63. The number of carbonyl (C=O) groups excluding carboxylic acids is 1. The number of benzene rings is 2. The highest BCUT2D eigenvalue weighted by Crippen LogP contribution is 2.38. The average Bonchev–Trinajstić information content (AvgIpc) is 2.78. The molecule has 0 unspecified atom stereocenters. The van der Waals surface area contributed by atoms with Crippen molar-refractivity contribution in [3.63, 3.8) is 0 Å². The summed E-state index contributed by atoms with van der Waals surface area (Å²) in [4.78, 5) is 15.1. The molecule has 1 saturated heterocycles. The van der Waals surface area contributed by atoms with Crippen molar-refractivity contribution in [3.8, 4) is 11.1 Å². The minimum Gasteiger partial charge on any atom is -0.465 e. The van der Waals surface area contributed by atoms with E-state index >= 15 is 0 Å². The number of esters is 1. The van der Waals surface area contributed by atoms with E-state index in [-0.39, 0.29) is 5.97 Å². The van der Waals surface area contributed by atoms with Gasteiger partial charge in [-0.15, -0.1) is 0 Å². The van der Waals surface area contributed by atoms with E-state index < -0.39 is 0 Å². The van der Waals surface area contributed by atoms with Gasteiger partial charge in [0.2, 0.25) is 0 Å². The van der Waals surface area contributed by atoms with Gasteiger partial charge in [-0.3, -0.25) is 0 Å². The Morgan fingerprint density at radius 2 is 1.81 bits per heavy atom. The zero-order chi connectivity index (χ0) is 22.4. The van der Waals surface area contributed by atoms with Gasteiger partial charge >= 0.3 is 5.97 Å². The molecule has 166 valence electrons. The van der Waals surface area contributed by atoms with Crippen LogP contribution in [0.1, 0.15) is 74.7 Å². The SMILES string of the molecule is COC(=O)c1cc([C@@H](C)CCC=C(C)C)c(-c2ccc(Cl)cc2)cc1N1CCCCC1. The summed E-state index contributed by atoms with van der Waals surface area (Å²) < 4.78 is 5.18. The molecule has 2 aromatic carbocycles. The molecule has 0 aromatic heterocycles. The highest BCUT2D eigenvalue weighted by atomic mass is 35.5. The van der Waals surface area contributed by atoms with E-state index in [1.165, 1.54) is 30.2 Å². The first-order valence-electron chi connectivity index (χ1n) is 11.3. The molecule has 1 heterocycles. The smallest absolute Gasteiger partial charge is 0.339 e. The predicted molar refractivity (Wildman–Crippen MR) is 131 cm³/mol. The second-order valence-corrected chi connectivity index (χ2v) is 9.20. The standard InChI is InChI=1S/C27H34ClNO2/c1-19(2)9-8-10-20(3)23-17-25(27(30)31-4)26(29-15-6-5-7-16-29)18-24(23)21-11-13-22(28)14-12-21/h9,11-14,17-18,20H,5-8,10,15-16H2,1-4H3/t20-/m0/s1. The number of nitrogens with zero attached hydrogens (tertiary/aromatic N) is 1. The molecular formula is C27H34ClNO2. The van der Waals surface area contributed by atoms with Crippen LogP contribution in [-0.2, 0) is 4.74 Å². The van der Waals surface area contributed by atoms with Crippen LogP contribution in [0.25, 0.3) is 11.1 Å². The van der Waals surface area contributed by atoms with Crippen LogP contribution in [0.2, 0.25) is 5.02 Å². The molecule has 0 spiro atoms. The van der Waals surface area contributed by atoms with E-state index in [1.54, 1.807) is 0 Å². The normalized spacial score (nSPS) is 14.8. The van der Waals surface area contributed by atoms with Crippen molar-refractivity contribution >= 4 is 23.3 Å². The Morgan fingerprint density at radius 1 is 1.13 bits per heavy atom. The van der Waals surface area contributed by atoms with E-state index in [1.807, 2.05) is 12.1 Å². The van der Waals surface area contributed by atoms with E-state index in [0.717, 1.165) is 55.0 Å². The van der Waals surface area contributed by atoms with Crippen molar-refractivity contribution in [1.82, 2.24) is 0 Å². The monoisotopic (exact) mass is 439 g/mol. The molecule has 0 aliphatic carbocycles. The fraction of sp³-hybridized carbons (Fsp3) is 0.444. The van der Waals surface area contributed by atoms with Gasteiger partial charge in [0.1, 0.15) is 0 Å². The summed E-state index contributed by atoms with van der Waals surface area (Å²) >= 11 is 6.16. The van der Waals surface area contributed by atoms with Crippen molar-refractivity contribution in [2.75, 3.05) is 25.1 Å². The summed E-state index contributed by atoms with van der Waals surface area (Å²) in [5, 5.41) is 0.726. The van der Waals surface area contributed by atoms with E-state index in [0.29, 0.717) is 11.5 Å². The summed E-state index contributed by atoms with van der Waals surface area (Å²) in [5.74, 6) is 0.0427. The second kappa shape index (κ2) is 10.9. The largest absolute Gasteiger partial charge is 0.465 e. The number of allylic oxidation sites excluding steroid dienone is 2. The molecule has 2 aromatic rings. The zero-order valence-corrected chi connectivity index (χ0v) is 20.0. The van der Waals surface area contributed by atoms with Crippen molar-refractivity contribution < 1.29 is 9.53 Å². The average molecular weight is 440 g/mol. The molecular weight excluding hydrogens is 406 g/mol. The molecule has 31 heavy (non-hydrogen) atoms. The number of hydrogen-bond acceptors (Lipinski definition) is 3. The number of hydrogen-bond donors (Lipinski definition) is 0. The summed E-state index contributed by atoms with van der Waals surface area (Å²) in [6.45, 7) is 8.45. The fourth-order valence-corrected chi connectivity index (χ4v) is 4.47. The summed E-state index contributed by atoms with van der Waals surface area (Å²) in [6.07, 6.45) is 7.87. The quantitative estimate of drug-likeness (QED) is 0.328. The van der Waals surface area contributed by atoms with Crippen molar-refractivity contribution in [3.05, 3.63) is 64.2 Å². The third-order valence-corrected chi connectivity index (χ3v) is 6.36. The van der Waals surface area contributed by atoms with Crippen LogP contribution < -0.4 is 4.90 Å². The molecule has 0 amide bonds. The van der Waals surface area contributed by atoms with Gasteiger partial charge in [0, 0.05) is 18.1 Å². The maximum Gasteiger partial charge on any atom is 0.339 e. The van der Waals surface area contributed by atoms with Crippen LogP contribution in [0.15, 0.2) is 48.0 Å². The number of anilines is 1. The van der Waals surface area contributed by atoms with Crippen molar-refractivity contribution in [2.45, 2.75) is 58.8 Å². The fourth-order valence-electron chi connectivity index (χ4n) is 4.34. The third-order valence-electron chi connectivity index (χ3n) is 6.11. The lowest BCUT2D eigenvalue weighted by molar-refractivity contribution is 0.0601. The molecule has 3 rings (SSSR count). The first-order valence-corrected chi connectivity index (χ1v) is 11.7. The lowest BCUT2D eigenvalue weighted by Gasteiger charge is -2.31. The lowest BCUT2D eigenvalue weighted by atomic mass is 9.86. The molecule has 0 N–H and O–H groups in total. The van der Waals surface area contributed by atoms with Crippen LogP contribution in [0.3, 0.4) is 0 Å². The summed E-state index contributed by atoms with van der Waals surface area (Å²) in [7, 11) is 1.47. The van der Waals surface area contributed by atoms with Crippen LogP contribution in [0.4, 0.5) is 5.69 Å². The first-order chi connectivity index (χ1) is 14.9. The van der Waals surface area contributed by atoms with Crippen LogP contribution in [0, 0.1) is 0 Å². The maximum atomic E-state index is 12.8. The Labute approximate surface area is 192 Å². The van der Waals surface area contributed by atoms with Crippen molar-refractivity contribution in [2.24, 2.45) is 0 Å². The van der Waals surface area contributed by atoms with Crippen LogP contribution in [-0.4, -0.2) is 26.2 Å². The van der Waals surface area contributed by atoms with Crippen LogP contribution in [0.5, 0.6) is 0 Å². The number of piperidine rings is 1. The molecule has 0 radical (unpaired) electrons. The van der Waals surface area contributed by atoms with Gasteiger partial charge in [0.15, 0.2) is 0 Å². The number of halogens is 1. The number of carbonyl (C=O) groups is 1. The molecule has 4 heteroatoms. The first kappa shape index (κ1) is 23.4. The van der Waals surface area contributed by atoms with Gasteiger partial charge in [0.05, 0.1) is 18.4 Å². The molecule has 1 fully saturated rings. The second-order valence-electron chi connectivity index (χ2n) is 8.76. The number of rotatable bonds is 7. The van der Waals surface area contributed by atoms with Gasteiger partial charge in [-0.25, -0.2) is 4.79 Å². The Balaban J connectivity index is 2.12. The van der Waals surface area contributed by atoms with Gasteiger partial charge in [-0.1, -0.05) is 42.3 Å². The topological polar surface area (TPSA) is 29.5 Å². The summed E-state index contributed by atoms with van der Waals surface area (Å²) in [5.41, 5.74) is 6.48. The van der Waals surface area contributed by atoms with Gasteiger partial charge in [0.25, 0.3) is 0 Å². The number of methoxy groups -OCH3 is 1. The molecule has 1 atom stereocenters. The maximum absolute atomic E-state index is 12.8. The Hall–Kier alpha value is -2.26. The molecule has 0 bridgehead atoms. The molecule has 1 aliphatic heterocycles. The van der Waals surface area contributed by atoms with Crippen molar-refractivity contribution in [1.29, 1.82) is 0 Å². The Kier molecular flexibility index (Phi) is 8.20. The van der Waals surface area contributed by atoms with E-state index in [9.17, 15) is 4.79 Å². The molecule has 1 aliphatic rings. The third kappa shape index (κ3) is 5.92. The number of ether oxygens (including phenoxy) is 1. The zero-order valence-electron chi connectivity index (χ0n) is 19.2. The molecule has 0 saturated carbocycles. The summed E-state index contributed by atoms with van der Waals surface area (Å²) in [6, 6.07) is 12.3. The lowest BCUT2D eigenvalue weighted by Crippen LogP contribution is -2.31. The van der Waals surface area contributed by atoms with Crippen LogP contribution >= 0.6 is 11.6 Å². The highest BCUT2D eigenvalue weighted by Gasteiger charge is 2.24. The van der Waals surface area contributed by atoms with E-state index in [2.05, 4.69) is 56.0 Å².